The molecule has 1 aliphatic heterocycles. The minimum atomic E-state index is -0.0169. The highest BCUT2D eigenvalue weighted by Gasteiger charge is 2.24. The van der Waals surface area contributed by atoms with Crippen molar-refractivity contribution in [3.8, 4) is 11.5 Å². The molecule has 0 bridgehead atoms. The molecule has 0 N–H and O–H groups in total. The predicted octanol–water partition coefficient (Wildman–Crippen LogP) is 2.06. The van der Waals surface area contributed by atoms with Crippen molar-refractivity contribution in [2.24, 2.45) is 0 Å². The molecule has 6 heteroatoms. The second-order valence-electron chi connectivity index (χ2n) is 6.00. The lowest BCUT2D eigenvalue weighted by Gasteiger charge is -2.35. The summed E-state index contributed by atoms with van der Waals surface area (Å²) in [6.45, 7) is 3.93. The summed E-state index contributed by atoms with van der Waals surface area (Å²) in [5.74, 6) is 1.21. The Labute approximate surface area is 148 Å². The van der Waals surface area contributed by atoms with Gasteiger partial charge in [-0.25, -0.2) is 0 Å². The molecule has 1 saturated heterocycles. The summed E-state index contributed by atoms with van der Waals surface area (Å²) in [4.78, 5) is 21.2. The van der Waals surface area contributed by atoms with E-state index in [1.807, 2.05) is 17.2 Å². The van der Waals surface area contributed by atoms with Gasteiger partial charge in [0.15, 0.2) is 0 Å². The first-order chi connectivity index (χ1) is 12.2. The van der Waals surface area contributed by atoms with Crippen LogP contribution in [-0.4, -0.2) is 61.1 Å². The minimum absolute atomic E-state index is 0.0169. The van der Waals surface area contributed by atoms with E-state index in [1.54, 1.807) is 38.6 Å². The van der Waals surface area contributed by atoms with E-state index >= 15 is 0 Å². The summed E-state index contributed by atoms with van der Waals surface area (Å²) in [7, 11) is 3.16. The number of rotatable bonds is 5. The zero-order chi connectivity index (χ0) is 17.6. The van der Waals surface area contributed by atoms with Gasteiger partial charge >= 0.3 is 0 Å². The molecular formula is C19H23N3O3. The van der Waals surface area contributed by atoms with Gasteiger partial charge in [-0.2, -0.15) is 0 Å². The Balaban J connectivity index is 1.63. The molecule has 1 fully saturated rings. The zero-order valence-corrected chi connectivity index (χ0v) is 14.6. The highest BCUT2D eigenvalue weighted by molar-refractivity contribution is 5.97. The van der Waals surface area contributed by atoms with E-state index in [-0.39, 0.29) is 5.91 Å². The lowest BCUT2D eigenvalue weighted by atomic mass is 10.1. The quantitative estimate of drug-likeness (QED) is 0.833. The number of ether oxygens (including phenoxy) is 2. The average molecular weight is 341 g/mol. The summed E-state index contributed by atoms with van der Waals surface area (Å²) in [6.07, 6.45) is 3.67. The van der Waals surface area contributed by atoms with Crippen molar-refractivity contribution in [1.82, 2.24) is 14.8 Å². The molecule has 0 spiro atoms. The maximum atomic E-state index is 12.9. The number of amides is 1. The van der Waals surface area contributed by atoms with Crippen molar-refractivity contribution in [1.29, 1.82) is 0 Å². The Kier molecular flexibility index (Phi) is 5.50. The molecule has 25 heavy (non-hydrogen) atoms. The van der Waals surface area contributed by atoms with E-state index in [4.69, 9.17) is 9.47 Å². The molecule has 2 heterocycles. The number of carbonyl (C=O) groups is 1. The number of carbonyl (C=O) groups excluding carboxylic acids is 1. The molecule has 3 rings (SSSR count). The molecule has 0 saturated carbocycles. The second-order valence-corrected chi connectivity index (χ2v) is 6.00. The number of methoxy groups -OCH3 is 2. The molecule has 0 unspecified atom stereocenters. The van der Waals surface area contributed by atoms with Crippen molar-refractivity contribution in [3.05, 3.63) is 53.9 Å². The third-order valence-electron chi connectivity index (χ3n) is 4.43. The molecule has 2 aromatic rings. The number of aromatic nitrogens is 1. The summed E-state index contributed by atoms with van der Waals surface area (Å²) < 4.78 is 10.6. The van der Waals surface area contributed by atoms with Crippen molar-refractivity contribution in [3.63, 3.8) is 0 Å². The number of hydrogen-bond donors (Lipinski definition) is 0. The topological polar surface area (TPSA) is 54.9 Å². The third-order valence-corrected chi connectivity index (χ3v) is 4.43. The number of piperazine rings is 1. The van der Waals surface area contributed by atoms with Crippen LogP contribution in [0.3, 0.4) is 0 Å². The average Bonchev–Trinajstić information content (AvgIpc) is 2.68. The summed E-state index contributed by atoms with van der Waals surface area (Å²) in [6, 6.07) is 9.32. The molecule has 1 aromatic carbocycles. The van der Waals surface area contributed by atoms with Crippen molar-refractivity contribution >= 4 is 5.91 Å². The van der Waals surface area contributed by atoms with Crippen molar-refractivity contribution in [2.45, 2.75) is 6.54 Å². The van der Waals surface area contributed by atoms with Gasteiger partial charge in [0, 0.05) is 45.1 Å². The third kappa shape index (κ3) is 4.09. The first-order valence-corrected chi connectivity index (χ1v) is 8.34. The van der Waals surface area contributed by atoms with Gasteiger partial charge in [-0.3, -0.25) is 14.7 Å². The summed E-state index contributed by atoms with van der Waals surface area (Å²) in [5, 5.41) is 0. The van der Waals surface area contributed by atoms with Crippen LogP contribution in [0.2, 0.25) is 0 Å². The fourth-order valence-corrected chi connectivity index (χ4v) is 3.01. The van der Waals surface area contributed by atoms with Crippen LogP contribution in [0.15, 0.2) is 42.7 Å². The van der Waals surface area contributed by atoms with E-state index < -0.39 is 0 Å². The Morgan fingerprint density at radius 3 is 2.56 bits per heavy atom. The lowest BCUT2D eigenvalue weighted by Crippen LogP contribution is -2.48. The minimum Gasteiger partial charge on any atom is -0.497 e. The highest BCUT2D eigenvalue weighted by atomic mass is 16.5. The number of nitrogens with zero attached hydrogens (tertiary/aromatic N) is 3. The van der Waals surface area contributed by atoms with Gasteiger partial charge in [0.2, 0.25) is 0 Å². The first kappa shape index (κ1) is 17.2. The van der Waals surface area contributed by atoms with Gasteiger partial charge in [0.1, 0.15) is 11.5 Å². The van der Waals surface area contributed by atoms with Gasteiger partial charge in [0.25, 0.3) is 5.91 Å². The molecule has 132 valence electrons. The monoisotopic (exact) mass is 341 g/mol. The lowest BCUT2D eigenvalue weighted by molar-refractivity contribution is 0.0625. The van der Waals surface area contributed by atoms with E-state index in [0.717, 1.165) is 19.6 Å². The number of hydrogen-bond acceptors (Lipinski definition) is 5. The molecule has 0 radical (unpaired) electrons. The van der Waals surface area contributed by atoms with Gasteiger partial charge in [-0.15, -0.1) is 0 Å². The molecule has 1 aromatic heterocycles. The van der Waals surface area contributed by atoms with Crippen LogP contribution < -0.4 is 9.47 Å². The fraction of sp³-hybridized carbons (Fsp3) is 0.368. The van der Waals surface area contributed by atoms with E-state index in [1.165, 1.54) is 5.56 Å². The maximum Gasteiger partial charge on any atom is 0.257 e. The van der Waals surface area contributed by atoms with Gasteiger partial charge in [0.05, 0.1) is 19.8 Å². The van der Waals surface area contributed by atoms with Crippen LogP contribution in [0.4, 0.5) is 0 Å². The first-order valence-electron chi connectivity index (χ1n) is 8.34. The number of benzene rings is 1. The summed E-state index contributed by atoms with van der Waals surface area (Å²) >= 11 is 0. The Morgan fingerprint density at radius 2 is 1.92 bits per heavy atom. The van der Waals surface area contributed by atoms with Crippen molar-refractivity contribution < 1.29 is 14.3 Å². The van der Waals surface area contributed by atoms with Crippen LogP contribution in [0, 0.1) is 0 Å². The molecular weight excluding hydrogens is 318 g/mol. The van der Waals surface area contributed by atoms with Crippen LogP contribution in [-0.2, 0) is 6.54 Å². The zero-order valence-electron chi connectivity index (χ0n) is 14.6. The normalized spacial score (nSPS) is 15.0. The van der Waals surface area contributed by atoms with Crippen LogP contribution in [0.25, 0.3) is 0 Å². The molecule has 1 aliphatic rings. The number of pyridine rings is 1. The molecule has 0 atom stereocenters. The van der Waals surface area contributed by atoms with Crippen LogP contribution in [0.5, 0.6) is 11.5 Å². The smallest absolute Gasteiger partial charge is 0.257 e. The Morgan fingerprint density at radius 1 is 1.12 bits per heavy atom. The van der Waals surface area contributed by atoms with E-state index in [0.29, 0.717) is 30.2 Å². The van der Waals surface area contributed by atoms with Gasteiger partial charge in [-0.1, -0.05) is 6.07 Å². The van der Waals surface area contributed by atoms with Crippen molar-refractivity contribution in [2.75, 3.05) is 40.4 Å². The SMILES string of the molecule is COc1ccc(OC)c(C(=O)N2CCN(Cc3cccnc3)CC2)c1. The second kappa shape index (κ2) is 7.98. The predicted molar refractivity (Wildman–Crippen MR) is 95.0 cm³/mol. The highest BCUT2D eigenvalue weighted by Crippen LogP contribution is 2.25. The molecule has 0 aliphatic carbocycles. The standard InChI is InChI=1S/C19H23N3O3/c1-24-16-5-6-18(25-2)17(12-16)19(23)22-10-8-21(9-11-22)14-15-4-3-7-20-13-15/h3-7,12-13H,8-11,14H2,1-2H3. The van der Waals surface area contributed by atoms with Gasteiger partial charge < -0.3 is 14.4 Å². The maximum absolute atomic E-state index is 12.9. The Bertz CT molecular complexity index is 713. The fourth-order valence-electron chi connectivity index (χ4n) is 3.01. The van der Waals surface area contributed by atoms with E-state index in [2.05, 4.69) is 16.0 Å². The summed E-state index contributed by atoms with van der Waals surface area (Å²) in [5.41, 5.74) is 1.74. The molecule has 1 amide bonds. The molecule has 6 nitrogen and oxygen atoms in total. The largest absolute Gasteiger partial charge is 0.497 e. The Hall–Kier alpha value is -2.60. The van der Waals surface area contributed by atoms with E-state index in [9.17, 15) is 4.79 Å². The van der Waals surface area contributed by atoms with Gasteiger partial charge in [-0.05, 0) is 29.8 Å². The van der Waals surface area contributed by atoms with Crippen LogP contribution >= 0.6 is 0 Å². The van der Waals surface area contributed by atoms with Crippen LogP contribution in [0.1, 0.15) is 15.9 Å².